The van der Waals surface area contributed by atoms with Crippen LogP contribution in [0.1, 0.15) is 42.6 Å². The molecule has 0 saturated heterocycles. The summed E-state index contributed by atoms with van der Waals surface area (Å²) in [5.41, 5.74) is 2.86. The summed E-state index contributed by atoms with van der Waals surface area (Å²) in [6.45, 7) is 7.60. The van der Waals surface area contributed by atoms with Gasteiger partial charge in [0.05, 0.1) is 30.2 Å². The predicted molar refractivity (Wildman–Crippen MR) is 72.9 cm³/mol. The molecule has 0 aromatic carbocycles. The van der Waals surface area contributed by atoms with Crippen LogP contribution in [0.15, 0.2) is 16.7 Å². The fourth-order valence-corrected chi connectivity index (χ4v) is 2.50. The van der Waals surface area contributed by atoms with Crippen LogP contribution in [0.25, 0.3) is 0 Å². The Morgan fingerprint density at radius 2 is 2.15 bits per heavy atom. The van der Waals surface area contributed by atoms with E-state index in [1.165, 1.54) is 0 Å². The summed E-state index contributed by atoms with van der Waals surface area (Å²) in [5, 5.41) is 17.6. The molecule has 6 nitrogen and oxygen atoms in total. The Bertz CT molecular complexity index is 588. The van der Waals surface area contributed by atoms with Crippen LogP contribution in [-0.2, 0) is 26.2 Å². The van der Waals surface area contributed by atoms with Crippen LogP contribution < -0.4 is 0 Å². The molecule has 0 atom stereocenters. The van der Waals surface area contributed by atoms with Crippen molar-refractivity contribution in [1.29, 1.82) is 0 Å². The molecule has 0 unspecified atom stereocenters. The molecular formula is C14H20N4O2. The van der Waals surface area contributed by atoms with Crippen molar-refractivity contribution in [2.75, 3.05) is 6.54 Å². The third-order valence-corrected chi connectivity index (χ3v) is 3.62. The van der Waals surface area contributed by atoms with Crippen molar-refractivity contribution in [3.05, 3.63) is 35.0 Å². The molecule has 0 radical (unpaired) electrons. The highest BCUT2D eigenvalue weighted by Gasteiger charge is 2.19. The topological polar surface area (TPSA) is 67.3 Å². The number of hydrogen-bond acceptors (Lipinski definition) is 5. The predicted octanol–water partition coefficient (Wildman–Crippen LogP) is 1.50. The molecule has 20 heavy (non-hydrogen) atoms. The van der Waals surface area contributed by atoms with E-state index < -0.39 is 0 Å². The van der Waals surface area contributed by atoms with Crippen molar-refractivity contribution >= 4 is 0 Å². The highest BCUT2D eigenvalue weighted by Crippen LogP contribution is 2.19. The van der Waals surface area contributed by atoms with E-state index in [1.807, 2.05) is 16.8 Å². The van der Waals surface area contributed by atoms with Gasteiger partial charge in [-0.2, -0.15) is 5.10 Å². The Kier molecular flexibility index (Phi) is 3.58. The maximum atomic E-state index is 9.13. The Morgan fingerprint density at radius 1 is 1.30 bits per heavy atom. The molecule has 1 N–H and O–H groups in total. The monoisotopic (exact) mass is 276 g/mol. The van der Waals surface area contributed by atoms with Crippen molar-refractivity contribution < 1.29 is 9.63 Å². The lowest BCUT2D eigenvalue weighted by Gasteiger charge is -2.26. The molecule has 2 aromatic heterocycles. The molecule has 0 aliphatic carbocycles. The molecule has 0 amide bonds. The molecule has 1 aliphatic rings. The summed E-state index contributed by atoms with van der Waals surface area (Å²) >= 11 is 0. The average molecular weight is 276 g/mol. The number of aromatic nitrogens is 3. The SMILES string of the molecule is CC(C)c1cc(CN2CCn3nc(CO)cc3C2)no1. The number of nitrogens with zero attached hydrogens (tertiary/aromatic N) is 4. The quantitative estimate of drug-likeness (QED) is 0.916. The first-order chi connectivity index (χ1) is 9.65. The summed E-state index contributed by atoms with van der Waals surface area (Å²) in [7, 11) is 0. The first-order valence-corrected chi connectivity index (χ1v) is 7.00. The fourth-order valence-electron chi connectivity index (χ4n) is 2.50. The van der Waals surface area contributed by atoms with Gasteiger partial charge in [-0.15, -0.1) is 0 Å². The first-order valence-electron chi connectivity index (χ1n) is 7.00. The molecule has 2 aromatic rings. The molecule has 108 valence electrons. The Balaban J connectivity index is 1.67. The maximum Gasteiger partial charge on any atom is 0.139 e. The van der Waals surface area contributed by atoms with Gasteiger partial charge in [0, 0.05) is 31.6 Å². The van der Waals surface area contributed by atoms with Gasteiger partial charge in [-0.3, -0.25) is 9.58 Å². The largest absolute Gasteiger partial charge is 0.390 e. The zero-order valence-electron chi connectivity index (χ0n) is 11.9. The maximum absolute atomic E-state index is 9.13. The molecule has 1 aliphatic heterocycles. The van der Waals surface area contributed by atoms with Crippen molar-refractivity contribution in [3.8, 4) is 0 Å². The number of hydrogen-bond donors (Lipinski definition) is 1. The van der Waals surface area contributed by atoms with Gasteiger partial charge in [0.25, 0.3) is 0 Å². The second-order valence-electron chi connectivity index (χ2n) is 5.59. The van der Waals surface area contributed by atoms with Gasteiger partial charge in [-0.1, -0.05) is 19.0 Å². The molecule has 0 fully saturated rings. The lowest BCUT2D eigenvalue weighted by Crippen LogP contribution is -2.33. The Labute approximate surface area is 118 Å². The normalized spacial score (nSPS) is 15.8. The van der Waals surface area contributed by atoms with Gasteiger partial charge < -0.3 is 9.63 Å². The molecule has 0 spiro atoms. The second kappa shape index (κ2) is 5.38. The molecule has 0 bridgehead atoms. The number of aliphatic hydroxyl groups excluding tert-OH is 1. The third kappa shape index (κ3) is 2.62. The van der Waals surface area contributed by atoms with Crippen LogP contribution in [0.5, 0.6) is 0 Å². The second-order valence-corrected chi connectivity index (χ2v) is 5.59. The van der Waals surface area contributed by atoms with E-state index in [9.17, 15) is 0 Å². The van der Waals surface area contributed by atoms with Crippen molar-refractivity contribution in [2.45, 2.75) is 46.0 Å². The number of rotatable bonds is 4. The van der Waals surface area contributed by atoms with E-state index in [-0.39, 0.29) is 6.61 Å². The summed E-state index contributed by atoms with van der Waals surface area (Å²) in [4.78, 5) is 2.32. The van der Waals surface area contributed by atoms with Crippen molar-refractivity contribution in [2.24, 2.45) is 0 Å². The molecular weight excluding hydrogens is 256 g/mol. The summed E-state index contributed by atoms with van der Waals surface area (Å²) in [6.07, 6.45) is 0. The standard InChI is InChI=1S/C14H20N4O2/c1-10(2)14-6-11(16-20-14)7-17-3-4-18-13(8-17)5-12(9-19)15-18/h5-6,10,19H,3-4,7-9H2,1-2H3. The Hall–Kier alpha value is -1.66. The fraction of sp³-hybridized carbons (Fsp3) is 0.571. The van der Waals surface area contributed by atoms with Crippen LogP contribution in [0.2, 0.25) is 0 Å². The van der Waals surface area contributed by atoms with Crippen LogP contribution in [0.4, 0.5) is 0 Å². The number of fused-ring (bicyclic) bond motifs is 1. The van der Waals surface area contributed by atoms with Gasteiger partial charge in [0.2, 0.25) is 0 Å². The highest BCUT2D eigenvalue weighted by molar-refractivity contribution is 5.12. The molecule has 3 heterocycles. The van der Waals surface area contributed by atoms with E-state index >= 15 is 0 Å². The summed E-state index contributed by atoms with van der Waals surface area (Å²) in [5.74, 6) is 1.30. The van der Waals surface area contributed by atoms with Crippen LogP contribution >= 0.6 is 0 Å². The third-order valence-electron chi connectivity index (χ3n) is 3.62. The van der Waals surface area contributed by atoms with E-state index in [2.05, 4.69) is 29.0 Å². The highest BCUT2D eigenvalue weighted by atomic mass is 16.5. The molecule has 6 heteroatoms. The van der Waals surface area contributed by atoms with E-state index in [4.69, 9.17) is 9.63 Å². The zero-order valence-corrected chi connectivity index (χ0v) is 11.9. The van der Waals surface area contributed by atoms with Crippen molar-refractivity contribution in [3.63, 3.8) is 0 Å². The lowest BCUT2D eigenvalue weighted by atomic mass is 10.1. The van der Waals surface area contributed by atoms with E-state index in [0.717, 1.165) is 49.0 Å². The average Bonchev–Trinajstić information content (AvgIpc) is 3.04. The number of aliphatic hydroxyl groups is 1. The van der Waals surface area contributed by atoms with E-state index in [0.29, 0.717) is 5.92 Å². The minimum Gasteiger partial charge on any atom is -0.390 e. The van der Waals surface area contributed by atoms with E-state index in [1.54, 1.807) is 0 Å². The minimum atomic E-state index is 0.00103. The van der Waals surface area contributed by atoms with Gasteiger partial charge >= 0.3 is 0 Å². The van der Waals surface area contributed by atoms with Crippen LogP contribution in [0, 0.1) is 0 Å². The zero-order chi connectivity index (χ0) is 14.1. The lowest BCUT2D eigenvalue weighted by molar-refractivity contribution is 0.199. The summed E-state index contributed by atoms with van der Waals surface area (Å²) < 4.78 is 7.31. The first kappa shape index (κ1) is 13.3. The van der Waals surface area contributed by atoms with Crippen molar-refractivity contribution in [1.82, 2.24) is 19.8 Å². The van der Waals surface area contributed by atoms with Gasteiger partial charge in [-0.25, -0.2) is 0 Å². The van der Waals surface area contributed by atoms with Gasteiger partial charge in [0.1, 0.15) is 5.76 Å². The molecule has 3 rings (SSSR count). The van der Waals surface area contributed by atoms with Gasteiger partial charge in [-0.05, 0) is 6.07 Å². The smallest absolute Gasteiger partial charge is 0.139 e. The molecule has 0 saturated carbocycles. The minimum absolute atomic E-state index is 0.00103. The summed E-state index contributed by atoms with van der Waals surface area (Å²) in [6, 6.07) is 4.00. The van der Waals surface area contributed by atoms with Crippen LogP contribution in [-0.4, -0.2) is 31.5 Å². The van der Waals surface area contributed by atoms with Crippen LogP contribution in [0.3, 0.4) is 0 Å². The van der Waals surface area contributed by atoms with Gasteiger partial charge in [0.15, 0.2) is 0 Å². The Morgan fingerprint density at radius 3 is 2.85 bits per heavy atom.